The second-order valence-electron chi connectivity index (χ2n) is 7.56. The molecule has 0 unspecified atom stereocenters. The molecule has 3 rings (SSSR count). The predicted octanol–water partition coefficient (Wildman–Crippen LogP) is 2.42. The van der Waals surface area contributed by atoms with Crippen LogP contribution in [-0.2, 0) is 16.1 Å². The van der Waals surface area contributed by atoms with Crippen LogP contribution in [0, 0.1) is 6.92 Å². The van der Waals surface area contributed by atoms with E-state index in [9.17, 15) is 9.59 Å². The second kappa shape index (κ2) is 9.49. The van der Waals surface area contributed by atoms with Crippen molar-refractivity contribution in [3.63, 3.8) is 0 Å². The van der Waals surface area contributed by atoms with Crippen LogP contribution in [0.5, 0.6) is 5.75 Å². The summed E-state index contributed by atoms with van der Waals surface area (Å²) in [5, 5.41) is 4.99. The zero-order chi connectivity index (χ0) is 21.7. The Hall–Kier alpha value is -2.58. The predicted molar refractivity (Wildman–Crippen MR) is 113 cm³/mol. The molecule has 9 heteroatoms. The highest BCUT2D eigenvalue weighted by atomic mass is 35.5. The van der Waals surface area contributed by atoms with E-state index in [1.165, 1.54) is 0 Å². The fourth-order valence-corrected chi connectivity index (χ4v) is 3.61. The first-order valence-electron chi connectivity index (χ1n) is 9.96. The first-order chi connectivity index (χ1) is 14.3. The summed E-state index contributed by atoms with van der Waals surface area (Å²) in [7, 11) is 0. The molecule has 1 aromatic heterocycles. The van der Waals surface area contributed by atoms with E-state index in [0.717, 1.165) is 18.5 Å². The summed E-state index contributed by atoms with van der Waals surface area (Å²) in [6.07, 6.45) is 2.66. The normalized spacial score (nSPS) is 19.0. The summed E-state index contributed by atoms with van der Waals surface area (Å²) in [6.45, 7) is 5.61. The molecule has 1 atom stereocenters. The van der Waals surface area contributed by atoms with Crippen LogP contribution in [0.4, 0.5) is 0 Å². The number of benzene rings is 1. The minimum absolute atomic E-state index is 0.0619. The number of hydrogen-bond acceptors (Lipinski definition) is 5. The highest BCUT2D eigenvalue weighted by Crippen LogP contribution is 2.27. The van der Waals surface area contributed by atoms with Crippen molar-refractivity contribution in [3.05, 3.63) is 46.7 Å². The molecule has 2 heterocycles. The number of aromatic nitrogens is 2. The number of carbonyl (C=O) groups excluding carboxylic acids is 2. The quantitative estimate of drug-likeness (QED) is 0.687. The number of rotatable bonds is 8. The summed E-state index contributed by atoms with van der Waals surface area (Å²) in [5.41, 5.74) is 5.70. The molecule has 0 radical (unpaired) electrons. The van der Waals surface area contributed by atoms with Gasteiger partial charge in [0, 0.05) is 24.3 Å². The summed E-state index contributed by atoms with van der Waals surface area (Å²) in [4.78, 5) is 26.4. The SMILES string of the molecule is CCCn1ccc(C(=O)N2CCO[C@@](COc3ccc(Cl)c(C)c3)(CC(N)=O)C2)n1. The monoisotopic (exact) mass is 434 g/mol. The lowest BCUT2D eigenvalue weighted by Crippen LogP contribution is -2.58. The number of amides is 2. The standard InChI is InChI=1S/C21H27ClN4O4/c1-3-7-26-8-6-18(24-26)20(28)25-9-10-30-21(13-25,12-19(23)27)14-29-16-4-5-17(22)15(2)11-16/h4-6,8,11H,3,7,9-10,12-14H2,1-2H3,(H2,23,27)/t21-/m0/s1. The number of primary amides is 1. The van der Waals surface area contributed by atoms with Crippen molar-refractivity contribution in [1.29, 1.82) is 0 Å². The minimum Gasteiger partial charge on any atom is -0.490 e. The topological polar surface area (TPSA) is 99.7 Å². The number of hydrogen-bond donors (Lipinski definition) is 1. The molecule has 162 valence electrons. The van der Waals surface area contributed by atoms with Gasteiger partial charge < -0.3 is 20.1 Å². The number of nitrogens with two attached hydrogens (primary N) is 1. The smallest absolute Gasteiger partial charge is 0.274 e. The maximum atomic E-state index is 13.0. The Morgan fingerprint density at radius 3 is 2.87 bits per heavy atom. The van der Waals surface area contributed by atoms with Gasteiger partial charge in [-0.25, -0.2) is 0 Å². The molecule has 2 N–H and O–H groups in total. The molecule has 30 heavy (non-hydrogen) atoms. The van der Waals surface area contributed by atoms with Gasteiger partial charge in [-0.15, -0.1) is 0 Å². The number of aryl methyl sites for hydroxylation is 2. The Balaban J connectivity index is 1.74. The first kappa shape index (κ1) is 22.1. The van der Waals surface area contributed by atoms with Crippen LogP contribution in [0.15, 0.2) is 30.5 Å². The summed E-state index contributed by atoms with van der Waals surface area (Å²) < 4.78 is 13.6. The van der Waals surface area contributed by atoms with Crippen LogP contribution in [0.2, 0.25) is 5.02 Å². The van der Waals surface area contributed by atoms with Gasteiger partial charge in [-0.1, -0.05) is 18.5 Å². The summed E-state index contributed by atoms with van der Waals surface area (Å²) in [6, 6.07) is 7.01. The number of ether oxygens (including phenoxy) is 2. The Labute approximate surface area is 180 Å². The van der Waals surface area contributed by atoms with E-state index in [0.29, 0.717) is 23.0 Å². The third-order valence-electron chi connectivity index (χ3n) is 4.98. The van der Waals surface area contributed by atoms with Crippen LogP contribution in [0.3, 0.4) is 0 Å². The van der Waals surface area contributed by atoms with E-state index in [1.807, 2.05) is 19.9 Å². The fraction of sp³-hybridized carbons (Fsp3) is 0.476. The maximum Gasteiger partial charge on any atom is 0.274 e. The number of morpholine rings is 1. The van der Waals surface area contributed by atoms with E-state index >= 15 is 0 Å². The van der Waals surface area contributed by atoms with Crippen LogP contribution >= 0.6 is 11.6 Å². The molecule has 1 aliphatic rings. The van der Waals surface area contributed by atoms with Gasteiger partial charge in [0.1, 0.15) is 23.7 Å². The van der Waals surface area contributed by atoms with Crippen LogP contribution in [0.25, 0.3) is 0 Å². The Bertz CT molecular complexity index is 916. The van der Waals surface area contributed by atoms with Crippen LogP contribution in [-0.4, -0.2) is 58.4 Å². The van der Waals surface area contributed by atoms with Crippen molar-refractivity contribution in [3.8, 4) is 5.75 Å². The van der Waals surface area contributed by atoms with E-state index in [4.69, 9.17) is 26.8 Å². The van der Waals surface area contributed by atoms with Crippen molar-refractivity contribution < 1.29 is 19.1 Å². The van der Waals surface area contributed by atoms with Crippen LogP contribution < -0.4 is 10.5 Å². The molecule has 1 aliphatic heterocycles. The molecule has 2 aromatic rings. The van der Waals surface area contributed by atoms with E-state index < -0.39 is 11.5 Å². The average molecular weight is 435 g/mol. The lowest BCUT2D eigenvalue weighted by Gasteiger charge is -2.41. The summed E-state index contributed by atoms with van der Waals surface area (Å²) >= 11 is 6.07. The Kier molecular flexibility index (Phi) is 6.99. The van der Waals surface area contributed by atoms with Gasteiger partial charge >= 0.3 is 0 Å². The minimum atomic E-state index is -1.03. The largest absolute Gasteiger partial charge is 0.490 e. The third kappa shape index (κ3) is 5.31. The molecule has 1 aromatic carbocycles. The highest BCUT2D eigenvalue weighted by Gasteiger charge is 2.41. The molecule has 0 spiro atoms. The fourth-order valence-electron chi connectivity index (χ4n) is 3.49. The Morgan fingerprint density at radius 2 is 2.17 bits per heavy atom. The van der Waals surface area contributed by atoms with Crippen molar-refractivity contribution in [2.24, 2.45) is 5.73 Å². The van der Waals surface area contributed by atoms with Gasteiger partial charge in [0.15, 0.2) is 0 Å². The molecule has 0 saturated carbocycles. The molecule has 0 bridgehead atoms. The van der Waals surface area contributed by atoms with Gasteiger partial charge in [0.2, 0.25) is 5.91 Å². The van der Waals surface area contributed by atoms with Gasteiger partial charge in [0.05, 0.1) is 19.6 Å². The molecule has 8 nitrogen and oxygen atoms in total. The van der Waals surface area contributed by atoms with Crippen LogP contribution in [0.1, 0.15) is 35.8 Å². The molecule has 1 saturated heterocycles. The summed E-state index contributed by atoms with van der Waals surface area (Å²) in [5.74, 6) is -0.122. The highest BCUT2D eigenvalue weighted by molar-refractivity contribution is 6.31. The lowest BCUT2D eigenvalue weighted by atomic mass is 9.97. The molecule has 0 aliphatic carbocycles. The van der Waals surface area contributed by atoms with Gasteiger partial charge in [0.25, 0.3) is 5.91 Å². The molecule has 1 fully saturated rings. The van der Waals surface area contributed by atoms with Crippen molar-refractivity contribution in [2.45, 2.75) is 38.8 Å². The zero-order valence-corrected chi connectivity index (χ0v) is 18.0. The van der Waals surface area contributed by atoms with Gasteiger partial charge in [-0.05, 0) is 43.2 Å². The zero-order valence-electron chi connectivity index (χ0n) is 17.3. The third-order valence-corrected chi connectivity index (χ3v) is 5.40. The number of nitrogens with zero attached hydrogens (tertiary/aromatic N) is 3. The van der Waals surface area contributed by atoms with E-state index in [1.54, 1.807) is 34.0 Å². The van der Waals surface area contributed by atoms with Gasteiger partial charge in [-0.2, -0.15) is 5.10 Å². The molecular formula is C21H27ClN4O4. The van der Waals surface area contributed by atoms with E-state index in [2.05, 4.69) is 5.10 Å². The van der Waals surface area contributed by atoms with Crippen molar-refractivity contribution >= 4 is 23.4 Å². The molecule has 2 amide bonds. The number of carbonyl (C=O) groups is 2. The van der Waals surface area contributed by atoms with Crippen molar-refractivity contribution in [2.75, 3.05) is 26.3 Å². The first-order valence-corrected chi connectivity index (χ1v) is 10.3. The van der Waals surface area contributed by atoms with Gasteiger partial charge in [-0.3, -0.25) is 14.3 Å². The second-order valence-corrected chi connectivity index (χ2v) is 7.97. The Morgan fingerprint density at radius 1 is 1.37 bits per heavy atom. The van der Waals surface area contributed by atoms with Crippen molar-refractivity contribution in [1.82, 2.24) is 14.7 Å². The maximum absolute atomic E-state index is 13.0. The number of halogens is 1. The average Bonchev–Trinajstić information content (AvgIpc) is 3.17. The lowest BCUT2D eigenvalue weighted by molar-refractivity contribution is -0.142. The molecular weight excluding hydrogens is 408 g/mol. The van der Waals surface area contributed by atoms with E-state index in [-0.39, 0.29) is 32.1 Å².